The van der Waals surface area contributed by atoms with Crippen molar-refractivity contribution < 1.29 is 9.18 Å². The Morgan fingerprint density at radius 2 is 1.97 bits per heavy atom. The summed E-state index contributed by atoms with van der Waals surface area (Å²) in [7, 11) is 1.87. The molecule has 166 valence electrons. The second kappa shape index (κ2) is 10.4. The Labute approximate surface area is 191 Å². The van der Waals surface area contributed by atoms with Crippen molar-refractivity contribution in [1.82, 2.24) is 19.7 Å². The number of amides is 1. The van der Waals surface area contributed by atoms with E-state index in [0.29, 0.717) is 0 Å². The number of aromatic nitrogens is 3. The number of nitrogens with one attached hydrogen (secondary N) is 1. The van der Waals surface area contributed by atoms with Gasteiger partial charge in [-0.25, -0.2) is 4.39 Å². The lowest BCUT2D eigenvalue weighted by Crippen LogP contribution is -2.29. The van der Waals surface area contributed by atoms with Crippen LogP contribution < -0.4 is 0 Å². The summed E-state index contributed by atoms with van der Waals surface area (Å²) < 4.78 is 15.1. The summed E-state index contributed by atoms with van der Waals surface area (Å²) in [6.07, 6.45) is 5.86. The van der Waals surface area contributed by atoms with E-state index in [0.717, 1.165) is 61.4 Å². The highest BCUT2D eigenvalue weighted by Crippen LogP contribution is 2.19. The van der Waals surface area contributed by atoms with Crippen molar-refractivity contribution in [2.45, 2.75) is 32.2 Å². The zero-order chi connectivity index (χ0) is 22.3. The van der Waals surface area contributed by atoms with E-state index in [1.165, 1.54) is 17.0 Å². The third-order valence-corrected chi connectivity index (χ3v) is 6.37. The number of hydrogen-bond acceptors (Lipinski definition) is 3. The number of H-pyrrole nitrogens is 1. The van der Waals surface area contributed by atoms with Crippen LogP contribution in [0.3, 0.4) is 0 Å². The van der Waals surface area contributed by atoms with E-state index in [1.54, 1.807) is 23.5 Å². The summed E-state index contributed by atoms with van der Waals surface area (Å²) in [5.74, 6) is -0.187. The summed E-state index contributed by atoms with van der Waals surface area (Å²) in [6.45, 7) is 1.45. The van der Waals surface area contributed by atoms with Crippen LogP contribution in [0.4, 0.5) is 4.39 Å². The Hall–Kier alpha value is -3.19. The molecule has 1 N–H and O–H groups in total. The second-order valence-electron chi connectivity index (χ2n) is 7.92. The number of carbonyl (C=O) groups is 1. The van der Waals surface area contributed by atoms with Gasteiger partial charge in [0, 0.05) is 35.9 Å². The minimum absolute atomic E-state index is 0.0593. The third kappa shape index (κ3) is 5.53. The molecule has 1 amide bonds. The van der Waals surface area contributed by atoms with Crippen LogP contribution in [-0.4, -0.2) is 39.2 Å². The lowest BCUT2D eigenvalue weighted by molar-refractivity contribution is 0.0782. The van der Waals surface area contributed by atoms with E-state index in [4.69, 9.17) is 0 Å². The molecule has 0 aliphatic heterocycles. The van der Waals surface area contributed by atoms with Crippen LogP contribution in [0.1, 0.15) is 40.3 Å². The molecule has 0 saturated heterocycles. The van der Waals surface area contributed by atoms with Crippen molar-refractivity contribution >= 4 is 17.2 Å². The second-order valence-corrected chi connectivity index (χ2v) is 8.96. The van der Waals surface area contributed by atoms with Crippen molar-refractivity contribution in [2.24, 2.45) is 0 Å². The molecule has 3 aromatic heterocycles. The van der Waals surface area contributed by atoms with Gasteiger partial charge in [0.25, 0.3) is 5.91 Å². The number of benzene rings is 1. The van der Waals surface area contributed by atoms with Gasteiger partial charge in [0.05, 0.1) is 12.2 Å². The smallest absolute Gasteiger partial charge is 0.270 e. The fraction of sp³-hybridized carbons (Fsp3) is 0.280. The minimum atomic E-state index is -0.247. The molecule has 7 heteroatoms. The first-order chi connectivity index (χ1) is 15.6. The van der Waals surface area contributed by atoms with Gasteiger partial charge in [-0.05, 0) is 73.2 Å². The van der Waals surface area contributed by atoms with Crippen LogP contribution >= 0.6 is 11.3 Å². The summed E-state index contributed by atoms with van der Waals surface area (Å²) in [4.78, 5) is 15.9. The number of aryl methyl sites for hydroxylation is 1. The van der Waals surface area contributed by atoms with Crippen LogP contribution in [0.15, 0.2) is 66.2 Å². The minimum Gasteiger partial charge on any atom is -0.340 e. The number of aromatic amines is 1. The van der Waals surface area contributed by atoms with Crippen molar-refractivity contribution in [3.8, 4) is 11.3 Å². The average Bonchev–Trinajstić information content (AvgIpc) is 3.56. The molecule has 32 heavy (non-hydrogen) atoms. The monoisotopic (exact) mass is 450 g/mol. The number of thiophene rings is 1. The molecule has 0 bridgehead atoms. The maximum atomic E-state index is 13.1. The molecular formula is C25H27FN4OS. The van der Waals surface area contributed by atoms with E-state index < -0.39 is 0 Å². The van der Waals surface area contributed by atoms with Crippen LogP contribution in [-0.2, 0) is 13.0 Å². The summed E-state index contributed by atoms with van der Waals surface area (Å²) >= 11 is 1.70. The highest BCUT2D eigenvalue weighted by atomic mass is 32.1. The lowest BCUT2D eigenvalue weighted by atomic mass is 10.1. The van der Waals surface area contributed by atoms with E-state index in [1.807, 2.05) is 47.0 Å². The fourth-order valence-electron chi connectivity index (χ4n) is 3.71. The normalized spacial score (nSPS) is 11.1. The predicted molar refractivity (Wildman–Crippen MR) is 126 cm³/mol. The molecule has 0 saturated carbocycles. The molecule has 5 nitrogen and oxygen atoms in total. The molecule has 0 spiro atoms. The van der Waals surface area contributed by atoms with Crippen molar-refractivity contribution in [1.29, 1.82) is 0 Å². The maximum Gasteiger partial charge on any atom is 0.270 e. The molecule has 0 radical (unpaired) electrons. The molecule has 0 aliphatic carbocycles. The highest BCUT2D eigenvalue weighted by Gasteiger charge is 2.15. The Kier molecular flexibility index (Phi) is 7.17. The van der Waals surface area contributed by atoms with Crippen molar-refractivity contribution in [3.05, 3.63) is 88.3 Å². The van der Waals surface area contributed by atoms with Crippen molar-refractivity contribution in [3.63, 3.8) is 0 Å². The lowest BCUT2D eigenvalue weighted by Gasteiger charge is -2.18. The summed E-state index contributed by atoms with van der Waals surface area (Å²) in [5, 5.41) is 9.45. The molecule has 0 aliphatic rings. The average molecular weight is 451 g/mol. The Bertz CT molecular complexity index is 1130. The molecule has 3 heterocycles. The van der Waals surface area contributed by atoms with Gasteiger partial charge in [-0.2, -0.15) is 5.10 Å². The Balaban J connectivity index is 1.20. The van der Waals surface area contributed by atoms with E-state index in [-0.39, 0.29) is 11.7 Å². The highest BCUT2D eigenvalue weighted by molar-refractivity contribution is 7.09. The molecular weight excluding hydrogens is 423 g/mol. The number of unbranched alkanes of at least 4 members (excludes halogenated alkanes) is 2. The van der Waals surface area contributed by atoms with Crippen LogP contribution in [0.5, 0.6) is 0 Å². The van der Waals surface area contributed by atoms with Gasteiger partial charge in [0.15, 0.2) is 0 Å². The largest absolute Gasteiger partial charge is 0.340 e. The maximum absolute atomic E-state index is 13.1. The topological polar surface area (TPSA) is 53.9 Å². The van der Waals surface area contributed by atoms with Gasteiger partial charge in [-0.15, -0.1) is 11.3 Å². The molecule has 0 unspecified atom stereocenters. The number of rotatable bonds is 10. The molecule has 4 rings (SSSR count). The first kappa shape index (κ1) is 22.0. The number of hydrogen-bond donors (Lipinski definition) is 1. The van der Waals surface area contributed by atoms with Gasteiger partial charge in [-0.1, -0.05) is 12.5 Å². The Morgan fingerprint density at radius 3 is 2.75 bits per heavy atom. The van der Waals surface area contributed by atoms with Crippen LogP contribution in [0.2, 0.25) is 0 Å². The number of halogens is 1. The molecule has 1 aromatic carbocycles. The first-order valence-electron chi connectivity index (χ1n) is 10.8. The van der Waals surface area contributed by atoms with Crippen LogP contribution in [0, 0.1) is 5.82 Å². The van der Waals surface area contributed by atoms with E-state index >= 15 is 0 Å². The third-order valence-electron chi connectivity index (χ3n) is 5.51. The molecule has 0 fully saturated rings. The quantitative estimate of drug-likeness (QED) is 0.319. The zero-order valence-corrected chi connectivity index (χ0v) is 18.9. The van der Waals surface area contributed by atoms with Crippen LogP contribution in [0.25, 0.3) is 11.3 Å². The first-order valence-corrected chi connectivity index (χ1v) is 11.7. The van der Waals surface area contributed by atoms with E-state index in [9.17, 15) is 9.18 Å². The number of nitrogens with zero attached hydrogens (tertiary/aromatic N) is 3. The number of carbonyl (C=O) groups excluding carboxylic acids is 1. The fourth-order valence-corrected chi connectivity index (χ4v) is 4.42. The van der Waals surface area contributed by atoms with E-state index in [2.05, 4.69) is 21.6 Å². The summed E-state index contributed by atoms with van der Waals surface area (Å²) in [6, 6.07) is 16.3. The van der Waals surface area contributed by atoms with Gasteiger partial charge >= 0.3 is 0 Å². The zero-order valence-electron chi connectivity index (χ0n) is 18.1. The van der Waals surface area contributed by atoms with Gasteiger partial charge in [0.2, 0.25) is 0 Å². The SMILES string of the molecule is CN(CCCCCc1cc(-c2ccc(F)cc2)n[nH]1)C(=O)c1cccn1Cc1cccs1. The molecule has 4 aromatic rings. The van der Waals surface area contributed by atoms with Gasteiger partial charge in [-0.3, -0.25) is 9.89 Å². The van der Waals surface area contributed by atoms with Gasteiger partial charge in [0.1, 0.15) is 11.5 Å². The summed E-state index contributed by atoms with van der Waals surface area (Å²) in [5.41, 5.74) is 3.53. The molecule has 0 atom stereocenters. The standard InChI is InChI=1S/C25H27FN4OS/c1-29(25(31)24-9-5-15-30(24)18-22-8-6-16-32-22)14-4-2-3-7-21-17-23(28-27-21)19-10-12-20(26)13-11-19/h5-6,8-13,15-17H,2-4,7,14,18H2,1H3,(H,27,28). The van der Waals surface area contributed by atoms with Gasteiger partial charge < -0.3 is 9.47 Å². The Morgan fingerprint density at radius 1 is 1.12 bits per heavy atom. The predicted octanol–water partition coefficient (Wildman–Crippen LogP) is 5.61. The van der Waals surface area contributed by atoms with Crippen molar-refractivity contribution in [2.75, 3.05) is 13.6 Å².